The van der Waals surface area contributed by atoms with E-state index in [9.17, 15) is 9.59 Å². The highest BCUT2D eigenvalue weighted by atomic mass is 16.4. The van der Waals surface area contributed by atoms with E-state index in [1.165, 1.54) is 0 Å². The maximum absolute atomic E-state index is 11.0. The summed E-state index contributed by atoms with van der Waals surface area (Å²) in [5.41, 5.74) is 0. The zero-order valence-electron chi connectivity index (χ0n) is 8.32. The summed E-state index contributed by atoms with van der Waals surface area (Å²) in [6.45, 7) is 4.34. The summed E-state index contributed by atoms with van der Waals surface area (Å²) >= 11 is 0. The Morgan fingerprint density at radius 1 is 1.50 bits per heavy atom. The second-order valence-corrected chi connectivity index (χ2v) is 3.50. The summed E-state index contributed by atoms with van der Waals surface area (Å²) in [6, 6.07) is 0. The lowest BCUT2D eigenvalue weighted by Crippen LogP contribution is -2.51. The molecular formula is C9H16N2O3. The Labute approximate surface area is 83.1 Å². The number of hydrogen-bond donors (Lipinski definition) is 2. The standard InChI is InChI=1S/C9H16N2O3/c1-2-10-8(12)3-4-11-5-7(6-11)9(13)14/h7H,2-6H2,1H3,(H,10,12)(H,13,14). The van der Waals surface area contributed by atoms with Gasteiger partial charge in [0, 0.05) is 32.6 Å². The quantitative estimate of drug-likeness (QED) is 0.629. The van der Waals surface area contributed by atoms with Crippen LogP contribution in [0.1, 0.15) is 13.3 Å². The van der Waals surface area contributed by atoms with E-state index in [4.69, 9.17) is 5.11 Å². The number of carbonyl (C=O) groups is 2. The van der Waals surface area contributed by atoms with Gasteiger partial charge in [-0.25, -0.2) is 0 Å². The van der Waals surface area contributed by atoms with Gasteiger partial charge in [-0.3, -0.25) is 9.59 Å². The summed E-state index contributed by atoms with van der Waals surface area (Å²) in [5, 5.41) is 11.3. The van der Waals surface area contributed by atoms with Crippen molar-refractivity contribution in [1.82, 2.24) is 10.2 Å². The first-order valence-electron chi connectivity index (χ1n) is 4.85. The van der Waals surface area contributed by atoms with Crippen molar-refractivity contribution >= 4 is 11.9 Å². The van der Waals surface area contributed by atoms with E-state index in [0.717, 1.165) is 0 Å². The van der Waals surface area contributed by atoms with Gasteiger partial charge in [0.2, 0.25) is 5.91 Å². The molecule has 0 saturated carbocycles. The van der Waals surface area contributed by atoms with Crippen molar-refractivity contribution in [2.24, 2.45) is 5.92 Å². The number of hydrogen-bond acceptors (Lipinski definition) is 3. The van der Waals surface area contributed by atoms with Crippen molar-refractivity contribution in [3.05, 3.63) is 0 Å². The average Bonchev–Trinajstić information content (AvgIpc) is 2.01. The maximum atomic E-state index is 11.0. The van der Waals surface area contributed by atoms with Crippen LogP contribution in [0.2, 0.25) is 0 Å². The number of likely N-dealkylation sites (tertiary alicyclic amines) is 1. The van der Waals surface area contributed by atoms with Crippen LogP contribution in [0.25, 0.3) is 0 Å². The number of carbonyl (C=O) groups excluding carboxylic acids is 1. The van der Waals surface area contributed by atoms with Gasteiger partial charge in [0.25, 0.3) is 0 Å². The number of amides is 1. The molecule has 14 heavy (non-hydrogen) atoms. The number of nitrogens with zero attached hydrogens (tertiary/aromatic N) is 1. The summed E-state index contributed by atoms with van der Waals surface area (Å²) in [5.74, 6) is -0.935. The Hall–Kier alpha value is -1.10. The minimum atomic E-state index is -0.737. The van der Waals surface area contributed by atoms with Gasteiger partial charge in [-0.15, -0.1) is 0 Å². The first-order valence-corrected chi connectivity index (χ1v) is 4.85. The van der Waals surface area contributed by atoms with Gasteiger partial charge in [-0.05, 0) is 6.92 Å². The highest BCUT2D eigenvalue weighted by molar-refractivity contribution is 5.76. The molecule has 5 nitrogen and oxygen atoms in total. The molecule has 0 spiro atoms. The monoisotopic (exact) mass is 200 g/mol. The fourth-order valence-electron chi connectivity index (χ4n) is 1.45. The Morgan fingerprint density at radius 3 is 2.64 bits per heavy atom. The Balaban J connectivity index is 2.06. The van der Waals surface area contributed by atoms with Crippen molar-refractivity contribution in [2.75, 3.05) is 26.2 Å². The molecule has 0 aromatic rings. The minimum Gasteiger partial charge on any atom is -0.481 e. The molecule has 1 rings (SSSR count). The zero-order chi connectivity index (χ0) is 10.6. The van der Waals surface area contributed by atoms with Crippen LogP contribution in [0.5, 0.6) is 0 Å². The summed E-state index contributed by atoms with van der Waals surface area (Å²) in [7, 11) is 0. The van der Waals surface area contributed by atoms with E-state index < -0.39 is 5.97 Å². The van der Waals surface area contributed by atoms with Crippen molar-refractivity contribution in [2.45, 2.75) is 13.3 Å². The fraction of sp³-hybridized carbons (Fsp3) is 0.778. The van der Waals surface area contributed by atoms with E-state index in [-0.39, 0.29) is 11.8 Å². The molecule has 0 unspecified atom stereocenters. The molecule has 1 aliphatic rings. The van der Waals surface area contributed by atoms with Crippen molar-refractivity contribution in [3.8, 4) is 0 Å². The lowest BCUT2D eigenvalue weighted by molar-refractivity contribution is -0.147. The predicted molar refractivity (Wildman–Crippen MR) is 50.9 cm³/mol. The average molecular weight is 200 g/mol. The Bertz CT molecular complexity index is 224. The van der Waals surface area contributed by atoms with E-state index in [1.807, 2.05) is 11.8 Å². The third-order valence-electron chi connectivity index (χ3n) is 2.34. The van der Waals surface area contributed by atoms with Gasteiger partial charge >= 0.3 is 5.97 Å². The molecule has 0 atom stereocenters. The van der Waals surface area contributed by atoms with Crippen LogP contribution in [0, 0.1) is 5.92 Å². The van der Waals surface area contributed by atoms with Gasteiger partial charge in [-0.2, -0.15) is 0 Å². The minimum absolute atomic E-state index is 0.0336. The molecule has 1 amide bonds. The topological polar surface area (TPSA) is 69.6 Å². The smallest absolute Gasteiger partial charge is 0.309 e. The number of aliphatic carboxylic acids is 1. The van der Waals surface area contributed by atoms with Gasteiger partial charge in [0.05, 0.1) is 5.92 Å². The third kappa shape index (κ3) is 2.99. The highest BCUT2D eigenvalue weighted by Gasteiger charge is 2.31. The van der Waals surface area contributed by atoms with E-state index >= 15 is 0 Å². The summed E-state index contributed by atoms with van der Waals surface area (Å²) < 4.78 is 0. The molecule has 5 heteroatoms. The normalized spacial score (nSPS) is 17.5. The van der Waals surface area contributed by atoms with Gasteiger partial charge in [0.15, 0.2) is 0 Å². The van der Waals surface area contributed by atoms with Crippen LogP contribution in [-0.2, 0) is 9.59 Å². The van der Waals surface area contributed by atoms with Crippen LogP contribution in [0.4, 0.5) is 0 Å². The lowest BCUT2D eigenvalue weighted by atomic mass is 10.0. The lowest BCUT2D eigenvalue weighted by Gasteiger charge is -2.36. The SMILES string of the molecule is CCNC(=O)CCN1CC(C(=O)O)C1. The largest absolute Gasteiger partial charge is 0.481 e. The number of rotatable bonds is 5. The molecule has 80 valence electrons. The molecule has 1 saturated heterocycles. The molecule has 0 aromatic carbocycles. The van der Waals surface area contributed by atoms with Crippen LogP contribution in [0.3, 0.4) is 0 Å². The molecule has 0 aromatic heterocycles. The second-order valence-electron chi connectivity index (χ2n) is 3.50. The van der Waals surface area contributed by atoms with E-state index in [1.54, 1.807) is 0 Å². The molecule has 0 radical (unpaired) electrons. The Kier molecular flexibility index (Phi) is 3.88. The van der Waals surface area contributed by atoms with E-state index in [2.05, 4.69) is 5.32 Å². The molecule has 0 bridgehead atoms. The van der Waals surface area contributed by atoms with Crippen LogP contribution >= 0.6 is 0 Å². The van der Waals surface area contributed by atoms with Gasteiger partial charge in [-0.1, -0.05) is 0 Å². The molecule has 1 aliphatic heterocycles. The number of carboxylic acids is 1. The van der Waals surface area contributed by atoms with Crippen LogP contribution in [0.15, 0.2) is 0 Å². The summed E-state index contributed by atoms with van der Waals surface area (Å²) in [6.07, 6.45) is 0.459. The van der Waals surface area contributed by atoms with E-state index in [0.29, 0.717) is 32.6 Å². The molecule has 2 N–H and O–H groups in total. The first kappa shape index (κ1) is 11.0. The highest BCUT2D eigenvalue weighted by Crippen LogP contribution is 2.15. The van der Waals surface area contributed by atoms with Crippen LogP contribution < -0.4 is 5.32 Å². The third-order valence-corrected chi connectivity index (χ3v) is 2.34. The predicted octanol–water partition coefficient (Wildman–Crippen LogP) is -0.471. The van der Waals surface area contributed by atoms with Gasteiger partial charge < -0.3 is 15.3 Å². The van der Waals surface area contributed by atoms with Crippen molar-refractivity contribution < 1.29 is 14.7 Å². The zero-order valence-corrected chi connectivity index (χ0v) is 8.32. The van der Waals surface area contributed by atoms with Crippen molar-refractivity contribution in [3.63, 3.8) is 0 Å². The second kappa shape index (κ2) is 4.95. The Morgan fingerprint density at radius 2 is 2.14 bits per heavy atom. The van der Waals surface area contributed by atoms with Gasteiger partial charge in [0.1, 0.15) is 0 Å². The molecule has 0 aliphatic carbocycles. The number of nitrogens with one attached hydrogen (secondary N) is 1. The van der Waals surface area contributed by atoms with Crippen LogP contribution in [-0.4, -0.2) is 48.1 Å². The first-order chi connectivity index (χ1) is 6.63. The number of carboxylic acid groups (broad SMARTS) is 1. The van der Waals surface area contributed by atoms with Crippen molar-refractivity contribution in [1.29, 1.82) is 0 Å². The summed E-state index contributed by atoms with van der Waals surface area (Å²) in [4.78, 5) is 23.5. The maximum Gasteiger partial charge on any atom is 0.309 e. The molecule has 1 fully saturated rings. The molecular weight excluding hydrogens is 184 g/mol. The fourth-order valence-corrected chi connectivity index (χ4v) is 1.45. The molecule has 1 heterocycles.